The maximum absolute atomic E-state index is 14.1. The Bertz CT molecular complexity index is 1670. The Kier molecular flexibility index (Phi) is 7.15. The number of hydrogen-bond donors (Lipinski definition) is 0. The first-order chi connectivity index (χ1) is 20.0. The molecule has 4 aromatic rings. The second-order valence-electron chi connectivity index (χ2n) is 11.9. The predicted molar refractivity (Wildman–Crippen MR) is 146 cm³/mol. The van der Waals surface area contributed by atoms with E-state index in [1.165, 1.54) is 6.20 Å². The van der Waals surface area contributed by atoms with Crippen molar-refractivity contribution < 1.29 is 22.0 Å². The summed E-state index contributed by atoms with van der Waals surface area (Å²) in [6.07, 6.45) is 2.09. The monoisotopic (exact) mass is 586 g/mol. The lowest BCUT2D eigenvalue weighted by Gasteiger charge is -2.46. The third-order valence-corrected chi connectivity index (χ3v) is 8.64. The molecule has 1 aliphatic heterocycles. The number of nitrogens with zero attached hydrogens (tertiary/aromatic N) is 6. The van der Waals surface area contributed by atoms with E-state index in [1.54, 1.807) is 24.3 Å². The van der Waals surface area contributed by atoms with Crippen LogP contribution in [-0.2, 0) is 18.1 Å². The van der Waals surface area contributed by atoms with Crippen molar-refractivity contribution in [1.29, 1.82) is 0 Å². The minimum atomic E-state index is -4.70. The highest BCUT2D eigenvalue weighted by Crippen LogP contribution is 2.52. The number of alkyl halides is 5. The minimum Gasteiger partial charge on any atom is -0.299 e. The van der Waals surface area contributed by atoms with Crippen LogP contribution in [0, 0.1) is 11.8 Å². The average molecular weight is 587 g/mol. The van der Waals surface area contributed by atoms with Gasteiger partial charge in [0.25, 0.3) is 5.56 Å². The van der Waals surface area contributed by atoms with E-state index in [0.717, 1.165) is 53.5 Å². The van der Waals surface area contributed by atoms with Crippen LogP contribution >= 0.6 is 0 Å². The summed E-state index contributed by atoms with van der Waals surface area (Å²) >= 11 is 0. The third kappa shape index (κ3) is 4.99. The van der Waals surface area contributed by atoms with Crippen molar-refractivity contribution in [3.63, 3.8) is 0 Å². The summed E-state index contributed by atoms with van der Waals surface area (Å²) in [5.41, 5.74) is -1.27. The van der Waals surface area contributed by atoms with Gasteiger partial charge in [0.2, 0.25) is 0 Å². The van der Waals surface area contributed by atoms with Gasteiger partial charge in [0.15, 0.2) is 5.65 Å². The van der Waals surface area contributed by atoms with Gasteiger partial charge < -0.3 is 0 Å². The van der Waals surface area contributed by atoms with Gasteiger partial charge in [-0.2, -0.15) is 22.0 Å². The summed E-state index contributed by atoms with van der Waals surface area (Å²) in [6.45, 7) is 3.17. The molecule has 3 aromatic heterocycles. The van der Waals surface area contributed by atoms with Crippen LogP contribution < -0.4 is 5.56 Å². The van der Waals surface area contributed by atoms with Crippen molar-refractivity contribution in [1.82, 2.24) is 29.0 Å². The molecular weight excluding hydrogens is 555 g/mol. The van der Waals surface area contributed by atoms with Crippen LogP contribution in [0.4, 0.5) is 22.0 Å². The molecule has 4 heterocycles. The minimum absolute atomic E-state index is 0.115. The predicted octanol–water partition coefficient (Wildman–Crippen LogP) is 6.31. The second-order valence-corrected chi connectivity index (χ2v) is 11.9. The summed E-state index contributed by atoms with van der Waals surface area (Å²) in [7, 11) is 0. The van der Waals surface area contributed by atoms with Gasteiger partial charge in [-0.25, -0.2) is 4.98 Å². The Labute approximate surface area is 239 Å². The highest BCUT2D eigenvalue weighted by Gasteiger charge is 2.49. The van der Waals surface area contributed by atoms with Crippen LogP contribution in [0.2, 0.25) is 0 Å². The van der Waals surface area contributed by atoms with Crippen LogP contribution in [0.3, 0.4) is 0 Å². The van der Waals surface area contributed by atoms with E-state index in [1.807, 2.05) is 6.92 Å². The number of fused-ring (bicyclic) bond motifs is 1. The summed E-state index contributed by atoms with van der Waals surface area (Å²) in [5.74, 6) is 0.847. The molecule has 0 bridgehead atoms. The van der Waals surface area contributed by atoms with Gasteiger partial charge in [0.05, 0.1) is 16.5 Å². The van der Waals surface area contributed by atoms with E-state index in [0.29, 0.717) is 42.0 Å². The Balaban J connectivity index is 1.44. The zero-order valence-electron chi connectivity index (χ0n) is 23.3. The van der Waals surface area contributed by atoms with Crippen molar-refractivity contribution in [3.05, 3.63) is 81.9 Å². The molecule has 0 unspecified atom stereocenters. The van der Waals surface area contributed by atoms with Crippen molar-refractivity contribution in [2.24, 2.45) is 11.8 Å². The molecule has 0 amide bonds. The van der Waals surface area contributed by atoms with Crippen molar-refractivity contribution in [2.75, 3.05) is 13.1 Å². The SMILES string of the molecule is CC1CC(c2cccc(-c3cnc4c(C(F)(F)F)cc(CN5CCC[C@H](C)C5)cn4c3=O)c2)(c2nncn2C(F)F)C1. The summed E-state index contributed by atoms with van der Waals surface area (Å²) in [6, 6.07) is 7.99. The quantitative estimate of drug-likeness (QED) is 0.248. The zero-order chi connectivity index (χ0) is 29.8. The molecule has 6 rings (SSSR count). The van der Waals surface area contributed by atoms with Crippen LogP contribution in [0.5, 0.6) is 0 Å². The van der Waals surface area contributed by atoms with Gasteiger partial charge in [0, 0.05) is 25.5 Å². The molecule has 1 aliphatic carbocycles. The number of likely N-dealkylation sites (tertiary alicyclic amines) is 1. The fraction of sp³-hybridized carbons (Fsp3) is 0.467. The number of halogens is 5. The maximum Gasteiger partial charge on any atom is 0.419 e. The van der Waals surface area contributed by atoms with Gasteiger partial charge in [-0.1, -0.05) is 32.0 Å². The fourth-order valence-corrected chi connectivity index (χ4v) is 6.81. The number of pyridine rings is 1. The smallest absolute Gasteiger partial charge is 0.299 e. The molecule has 12 heteroatoms. The second kappa shape index (κ2) is 10.6. The highest BCUT2D eigenvalue weighted by molar-refractivity contribution is 5.66. The van der Waals surface area contributed by atoms with Crippen molar-refractivity contribution in [2.45, 2.75) is 64.2 Å². The molecule has 0 spiro atoms. The molecule has 1 saturated carbocycles. The molecule has 2 fully saturated rings. The Morgan fingerprint density at radius 1 is 1.12 bits per heavy atom. The maximum atomic E-state index is 14.1. The Morgan fingerprint density at radius 2 is 1.90 bits per heavy atom. The lowest BCUT2D eigenvalue weighted by atomic mass is 9.58. The fourth-order valence-electron chi connectivity index (χ4n) is 6.81. The largest absolute Gasteiger partial charge is 0.419 e. The number of aromatic nitrogens is 5. The van der Waals surface area contributed by atoms with Crippen LogP contribution in [0.15, 0.2) is 53.8 Å². The topological polar surface area (TPSA) is 68.3 Å². The lowest BCUT2D eigenvalue weighted by molar-refractivity contribution is -0.136. The molecule has 42 heavy (non-hydrogen) atoms. The Morgan fingerprint density at radius 3 is 2.60 bits per heavy atom. The molecular formula is C30H31F5N6O. The van der Waals surface area contributed by atoms with Crippen LogP contribution in [0.1, 0.15) is 68.6 Å². The first-order valence-electron chi connectivity index (χ1n) is 14.1. The molecule has 0 N–H and O–H groups in total. The lowest BCUT2D eigenvalue weighted by Crippen LogP contribution is -2.43. The van der Waals surface area contributed by atoms with Crippen LogP contribution in [-0.4, -0.2) is 42.1 Å². The number of piperidine rings is 1. The van der Waals surface area contributed by atoms with Crippen molar-refractivity contribution >= 4 is 5.65 Å². The summed E-state index contributed by atoms with van der Waals surface area (Å²) < 4.78 is 71.7. The van der Waals surface area contributed by atoms with E-state index in [-0.39, 0.29) is 17.3 Å². The van der Waals surface area contributed by atoms with Crippen LogP contribution in [0.25, 0.3) is 16.8 Å². The number of rotatable bonds is 6. The van der Waals surface area contributed by atoms with Gasteiger partial charge >= 0.3 is 12.7 Å². The average Bonchev–Trinajstić information content (AvgIpc) is 3.42. The molecule has 2 aliphatic rings. The van der Waals surface area contributed by atoms with E-state index in [4.69, 9.17) is 0 Å². The van der Waals surface area contributed by atoms with E-state index in [2.05, 4.69) is 27.0 Å². The molecule has 1 saturated heterocycles. The zero-order valence-corrected chi connectivity index (χ0v) is 23.3. The van der Waals surface area contributed by atoms with E-state index in [9.17, 15) is 26.7 Å². The molecule has 1 aromatic carbocycles. The molecule has 0 radical (unpaired) electrons. The first-order valence-corrected chi connectivity index (χ1v) is 14.1. The molecule has 7 nitrogen and oxygen atoms in total. The summed E-state index contributed by atoms with van der Waals surface area (Å²) in [5, 5.41) is 7.77. The molecule has 1 atom stereocenters. The van der Waals surface area contributed by atoms with E-state index >= 15 is 0 Å². The normalized spacial score (nSPS) is 23.4. The van der Waals surface area contributed by atoms with Gasteiger partial charge in [-0.3, -0.25) is 18.7 Å². The summed E-state index contributed by atoms with van der Waals surface area (Å²) in [4.78, 5) is 20.0. The van der Waals surface area contributed by atoms with Gasteiger partial charge in [0.1, 0.15) is 12.2 Å². The third-order valence-electron chi connectivity index (χ3n) is 8.64. The Hall–Kier alpha value is -3.67. The van der Waals surface area contributed by atoms with Gasteiger partial charge in [-0.15, -0.1) is 10.2 Å². The highest BCUT2D eigenvalue weighted by atomic mass is 19.4. The van der Waals surface area contributed by atoms with Crippen molar-refractivity contribution in [3.8, 4) is 11.1 Å². The van der Waals surface area contributed by atoms with Gasteiger partial charge in [-0.05, 0) is 72.9 Å². The molecule has 222 valence electrons. The van der Waals surface area contributed by atoms with E-state index < -0.39 is 34.9 Å². The first kappa shape index (κ1) is 28.4. The number of benzene rings is 1. The standard InChI is InChI=1S/C30H31F5N6O/c1-18-5-4-8-39(14-18)15-20-9-24(30(33,34)35)25-36-13-23(26(42)40(25)16-20)21-6-3-7-22(10-21)29(11-19(2)12-29)27-38-37-17-41(27)28(31)32/h3,6-7,9-10,13,16-19,28H,4-5,8,11-12,14-15H2,1-2H3/t18-,19?,29?/m0/s1. The number of hydrogen-bond acceptors (Lipinski definition) is 5.